The summed E-state index contributed by atoms with van der Waals surface area (Å²) in [5.74, 6) is 0.143. The van der Waals surface area contributed by atoms with E-state index in [0.717, 1.165) is 10.6 Å². The molecule has 9 nitrogen and oxygen atoms in total. The minimum Gasteiger partial charge on any atom is -0.493 e. The van der Waals surface area contributed by atoms with E-state index in [1.165, 1.54) is 26.2 Å². The molecule has 2 aromatic rings. The van der Waals surface area contributed by atoms with Crippen LogP contribution in [0.25, 0.3) is 0 Å². The van der Waals surface area contributed by atoms with Gasteiger partial charge in [0, 0.05) is 13.0 Å². The third kappa shape index (κ3) is 4.09. The highest BCUT2D eigenvalue weighted by Crippen LogP contribution is 2.41. The van der Waals surface area contributed by atoms with Crippen LogP contribution in [0.4, 0.5) is 0 Å². The number of carbonyl (C=O) groups is 2. The number of piperazine rings is 1. The van der Waals surface area contributed by atoms with Gasteiger partial charge in [-0.05, 0) is 36.1 Å². The van der Waals surface area contributed by atoms with Crippen LogP contribution >= 0.6 is 0 Å². The van der Waals surface area contributed by atoms with Crippen molar-refractivity contribution in [3.63, 3.8) is 0 Å². The maximum atomic E-state index is 13.4. The van der Waals surface area contributed by atoms with E-state index in [-0.39, 0.29) is 13.0 Å². The molecular formula is C24H28N2O7. The lowest BCUT2D eigenvalue weighted by atomic mass is 9.96. The zero-order valence-corrected chi connectivity index (χ0v) is 18.9. The third-order valence-electron chi connectivity index (χ3n) is 6.06. The zero-order chi connectivity index (χ0) is 23.6. The standard InChI is InChI=1S/C24H28N2O7/c1-30-19-12-17(13-20(31-2)21(19)32-3)14-24(29)23(28)25-11-7-10-18(25)22(27)26(24)33-15-16-8-5-4-6-9-16/h4-6,8-9,12-13,18,29H,7,10-11,14-15H2,1-3H3/t18-,24-/m0/s1. The molecule has 0 aromatic heterocycles. The Morgan fingerprint density at radius 2 is 1.67 bits per heavy atom. The number of hydrogen-bond acceptors (Lipinski definition) is 7. The second-order valence-corrected chi connectivity index (χ2v) is 8.08. The lowest BCUT2D eigenvalue weighted by Gasteiger charge is -2.46. The van der Waals surface area contributed by atoms with Gasteiger partial charge in [-0.1, -0.05) is 30.3 Å². The molecule has 2 saturated heterocycles. The summed E-state index contributed by atoms with van der Waals surface area (Å²) in [6.45, 7) is 0.448. The summed E-state index contributed by atoms with van der Waals surface area (Å²) in [5.41, 5.74) is -0.905. The van der Waals surface area contributed by atoms with Crippen molar-refractivity contribution in [2.45, 2.75) is 37.6 Å². The molecule has 0 saturated carbocycles. The lowest BCUT2D eigenvalue weighted by molar-refractivity contribution is -0.289. The normalized spacial score (nSPS) is 22.4. The Morgan fingerprint density at radius 3 is 2.27 bits per heavy atom. The number of hydrogen-bond donors (Lipinski definition) is 1. The van der Waals surface area contributed by atoms with Crippen LogP contribution in [0.2, 0.25) is 0 Å². The number of carbonyl (C=O) groups excluding carboxylic acids is 2. The highest BCUT2D eigenvalue weighted by molar-refractivity contribution is 5.98. The number of fused-ring (bicyclic) bond motifs is 1. The van der Waals surface area contributed by atoms with Crippen molar-refractivity contribution in [2.24, 2.45) is 0 Å². The highest BCUT2D eigenvalue weighted by Gasteiger charge is 2.58. The molecule has 2 fully saturated rings. The van der Waals surface area contributed by atoms with Crippen LogP contribution in [-0.2, 0) is 27.5 Å². The molecule has 0 radical (unpaired) electrons. The van der Waals surface area contributed by atoms with Gasteiger partial charge in [-0.3, -0.25) is 14.4 Å². The summed E-state index contributed by atoms with van der Waals surface area (Å²) in [6, 6.07) is 11.9. The Morgan fingerprint density at radius 1 is 1.00 bits per heavy atom. The Bertz CT molecular complexity index is 1000. The van der Waals surface area contributed by atoms with E-state index >= 15 is 0 Å². The molecular weight excluding hydrogens is 428 g/mol. The van der Waals surface area contributed by atoms with Gasteiger partial charge in [0.05, 0.1) is 21.3 Å². The minimum absolute atomic E-state index is 0.0319. The van der Waals surface area contributed by atoms with Crippen molar-refractivity contribution in [1.82, 2.24) is 9.96 Å². The average Bonchev–Trinajstić information content (AvgIpc) is 3.33. The molecule has 0 spiro atoms. The summed E-state index contributed by atoms with van der Waals surface area (Å²) in [7, 11) is 4.45. The fourth-order valence-corrected chi connectivity index (χ4v) is 4.45. The molecule has 176 valence electrons. The number of nitrogens with zero attached hydrogens (tertiary/aromatic N) is 2. The summed E-state index contributed by atoms with van der Waals surface area (Å²) in [4.78, 5) is 34.0. The first kappa shape index (κ1) is 22.9. The van der Waals surface area contributed by atoms with Gasteiger partial charge in [-0.25, -0.2) is 0 Å². The van der Waals surface area contributed by atoms with Gasteiger partial charge >= 0.3 is 0 Å². The predicted molar refractivity (Wildman–Crippen MR) is 118 cm³/mol. The molecule has 0 unspecified atom stereocenters. The monoisotopic (exact) mass is 456 g/mol. The molecule has 2 aliphatic heterocycles. The van der Waals surface area contributed by atoms with Gasteiger partial charge in [0.2, 0.25) is 11.5 Å². The van der Waals surface area contributed by atoms with Gasteiger partial charge in [0.15, 0.2) is 11.5 Å². The van der Waals surface area contributed by atoms with Crippen molar-refractivity contribution in [1.29, 1.82) is 0 Å². The van der Waals surface area contributed by atoms with Gasteiger partial charge in [-0.15, -0.1) is 0 Å². The molecule has 2 heterocycles. The first-order valence-electron chi connectivity index (χ1n) is 10.8. The fourth-order valence-electron chi connectivity index (χ4n) is 4.45. The lowest BCUT2D eigenvalue weighted by Crippen LogP contribution is -2.70. The summed E-state index contributed by atoms with van der Waals surface area (Å²) in [6.07, 6.45) is 1.01. The maximum absolute atomic E-state index is 13.4. The van der Waals surface area contributed by atoms with Crippen LogP contribution in [0.3, 0.4) is 0 Å². The minimum atomic E-state index is -2.22. The highest BCUT2D eigenvalue weighted by atomic mass is 16.7. The van der Waals surface area contributed by atoms with Crippen LogP contribution in [0.15, 0.2) is 42.5 Å². The number of aliphatic hydroxyl groups is 1. The summed E-state index contributed by atoms with van der Waals surface area (Å²) >= 11 is 0. The number of amides is 2. The Hall–Kier alpha value is -3.30. The van der Waals surface area contributed by atoms with Gasteiger partial charge < -0.3 is 24.2 Å². The van der Waals surface area contributed by atoms with E-state index in [1.54, 1.807) is 12.1 Å². The summed E-state index contributed by atoms with van der Waals surface area (Å²) in [5, 5.41) is 12.5. The second kappa shape index (κ2) is 9.29. The number of rotatable bonds is 8. The number of hydroxylamine groups is 2. The molecule has 33 heavy (non-hydrogen) atoms. The van der Waals surface area contributed by atoms with Gasteiger partial charge in [0.1, 0.15) is 12.6 Å². The van der Waals surface area contributed by atoms with Crippen LogP contribution in [-0.4, -0.2) is 66.5 Å². The molecule has 2 atom stereocenters. The maximum Gasteiger partial charge on any atom is 0.279 e. The van der Waals surface area contributed by atoms with E-state index < -0.39 is 23.6 Å². The number of ether oxygens (including phenoxy) is 3. The number of benzene rings is 2. The van der Waals surface area contributed by atoms with Crippen molar-refractivity contribution in [3.8, 4) is 17.2 Å². The molecule has 2 aliphatic rings. The zero-order valence-electron chi connectivity index (χ0n) is 18.9. The van der Waals surface area contributed by atoms with Crippen molar-refractivity contribution < 1.29 is 33.7 Å². The Labute approximate surface area is 192 Å². The van der Waals surface area contributed by atoms with E-state index in [0.29, 0.717) is 42.2 Å². The SMILES string of the molecule is COc1cc(C[C@]2(O)C(=O)N3CCC[C@H]3C(=O)N2OCc2ccccc2)cc(OC)c1OC. The van der Waals surface area contributed by atoms with Gasteiger partial charge in [-0.2, -0.15) is 5.06 Å². The Balaban J connectivity index is 1.70. The molecule has 0 bridgehead atoms. The average molecular weight is 456 g/mol. The van der Waals surface area contributed by atoms with Crippen LogP contribution in [0.1, 0.15) is 24.0 Å². The van der Waals surface area contributed by atoms with Crippen molar-refractivity contribution >= 4 is 11.8 Å². The fraction of sp³-hybridized carbons (Fsp3) is 0.417. The molecule has 1 N–H and O–H groups in total. The van der Waals surface area contributed by atoms with Crippen molar-refractivity contribution in [2.75, 3.05) is 27.9 Å². The summed E-state index contributed by atoms with van der Waals surface area (Å²) < 4.78 is 16.1. The van der Waals surface area contributed by atoms with Crippen LogP contribution in [0.5, 0.6) is 17.2 Å². The van der Waals surface area contributed by atoms with E-state index in [2.05, 4.69) is 0 Å². The van der Waals surface area contributed by atoms with Crippen LogP contribution < -0.4 is 14.2 Å². The van der Waals surface area contributed by atoms with Crippen LogP contribution in [0, 0.1) is 0 Å². The molecule has 9 heteroatoms. The van der Waals surface area contributed by atoms with E-state index in [4.69, 9.17) is 19.0 Å². The van der Waals surface area contributed by atoms with Gasteiger partial charge in [0.25, 0.3) is 11.8 Å². The number of methoxy groups -OCH3 is 3. The molecule has 0 aliphatic carbocycles. The van der Waals surface area contributed by atoms with E-state index in [1.807, 2.05) is 30.3 Å². The molecule has 2 aromatic carbocycles. The molecule has 2 amide bonds. The van der Waals surface area contributed by atoms with E-state index in [9.17, 15) is 14.7 Å². The first-order chi connectivity index (χ1) is 15.9. The van der Waals surface area contributed by atoms with Crippen molar-refractivity contribution in [3.05, 3.63) is 53.6 Å². The first-order valence-corrected chi connectivity index (χ1v) is 10.8. The quantitative estimate of drug-likeness (QED) is 0.648. The largest absolute Gasteiger partial charge is 0.493 e. The molecule has 4 rings (SSSR count). The smallest absolute Gasteiger partial charge is 0.279 e. The topological polar surface area (TPSA) is 97.8 Å². The third-order valence-corrected chi connectivity index (χ3v) is 6.06. The Kier molecular flexibility index (Phi) is 6.44. The second-order valence-electron chi connectivity index (χ2n) is 8.08. The predicted octanol–water partition coefficient (Wildman–Crippen LogP) is 1.91.